The molecule has 1 amide bonds. The first-order chi connectivity index (χ1) is 10.5. The third kappa shape index (κ3) is 4.06. The molecule has 0 aliphatic heterocycles. The summed E-state index contributed by atoms with van der Waals surface area (Å²) in [6, 6.07) is 0. The molecule has 1 atom stereocenters. The maximum Gasteiger partial charge on any atom is 0.263 e. The molecule has 1 aliphatic rings. The Morgan fingerprint density at radius 2 is 2.18 bits per heavy atom. The number of aromatic nitrogens is 1. The zero-order valence-electron chi connectivity index (χ0n) is 13.6. The van der Waals surface area contributed by atoms with Crippen molar-refractivity contribution in [1.82, 2.24) is 10.3 Å². The second-order valence-electron chi connectivity index (χ2n) is 6.37. The Labute approximate surface area is 136 Å². The molecule has 22 heavy (non-hydrogen) atoms. The predicted octanol–water partition coefficient (Wildman–Crippen LogP) is 2.63. The van der Waals surface area contributed by atoms with Crippen molar-refractivity contribution < 1.29 is 14.6 Å². The van der Waals surface area contributed by atoms with Crippen LogP contribution in [0.4, 0.5) is 0 Å². The van der Waals surface area contributed by atoms with E-state index >= 15 is 0 Å². The highest BCUT2D eigenvalue weighted by Gasteiger charge is 2.29. The molecule has 1 aromatic heterocycles. The van der Waals surface area contributed by atoms with E-state index < -0.39 is 5.54 Å². The first-order valence-electron chi connectivity index (χ1n) is 7.89. The molecule has 0 aromatic carbocycles. The summed E-state index contributed by atoms with van der Waals surface area (Å²) < 4.78 is 5.17. The van der Waals surface area contributed by atoms with Crippen molar-refractivity contribution in [2.24, 2.45) is 0 Å². The van der Waals surface area contributed by atoms with Crippen LogP contribution < -0.4 is 5.32 Å². The average Bonchev–Trinajstić information content (AvgIpc) is 3.07. The van der Waals surface area contributed by atoms with Crippen molar-refractivity contribution in [3.05, 3.63) is 15.6 Å². The van der Waals surface area contributed by atoms with Crippen molar-refractivity contribution >= 4 is 17.2 Å². The Kier molecular flexibility index (Phi) is 5.94. The van der Waals surface area contributed by atoms with Crippen molar-refractivity contribution in [1.29, 1.82) is 0 Å². The largest absolute Gasteiger partial charge is 0.396 e. The number of hydrogen-bond donors (Lipinski definition) is 2. The Hall–Kier alpha value is -0.980. The summed E-state index contributed by atoms with van der Waals surface area (Å²) in [7, 11) is 1.60. The lowest BCUT2D eigenvalue weighted by atomic mass is 9.99. The van der Waals surface area contributed by atoms with E-state index in [2.05, 4.69) is 10.3 Å². The molecule has 1 fully saturated rings. The van der Waals surface area contributed by atoms with Crippen molar-refractivity contribution in [3.8, 4) is 0 Å². The molecule has 0 bridgehead atoms. The minimum atomic E-state index is -0.565. The first kappa shape index (κ1) is 17.4. The normalized spacial score (nSPS) is 18.4. The summed E-state index contributed by atoms with van der Waals surface area (Å²) in [6.07, 6.45) is 5.33. The van der Waals surface area contributed by atoms with E-state index in [0.29, 0.717) is 23.8 Å². The summed E-state index contributed by atoms with van der Waals surface area (Å²) in [5.74, 6) is 0.403. The highest BCUT2D eigenvalue weighted by Crippen LogP contribution is 2.37. The summed E-state index contributed by atoms with van der Waals surface area (Å²) in [4.78, 5) is 17.9. The van der Waals surface area contributed by atoms with Crippen LogP contribution in [0.15, 0.2) is 0 Å². The smallest absolute Gasteiger partial charge is 0.263 e. The number of aliphatic hydroxyl groups excluding tert-OH is 1. The van der Waals surface area contributed by atoms with Crippen LogP contribution in [0.5, 0.6) is 0 Å². The van der Waals surface area contributed by atoms with Crippen molar-refractivity contribution in [2.75, 3.05) is 20.3 Å². The van der Waals surface area contributed by atoms with Gasteiger partial charge in [0.15, 0.2) is 0 Å². The van der Waals surface area contributed by atoms with Gasteiger partial charge in [0.2, 0.25) is 0 Å². The van der Waals surface area contributed by atoms with Gasteiger partial charge in [0.25, 0.3) is 5.91 Å². The van der Waals surface area contributed by atoms with Crippen LogP contribution in [-0.2, 0) is 4.74 Å². The van der Waals surface area contributed by atoms with Crippen LogP contribution in [0, 0.1) is 6.92 Å². The zero-order chi connectivity index (χ0) is 16.2. The monoisotopic (exact) mass is 326 g/mol. The van der Waals surface area contributed by atoms with Gasteiger partial charge in [-0.3, -0.25) is 4.79 Å². The molecule has 2 N–H and O–H groups in total. The Morgan fingerprint density at radius 1 is 1.50 bits per heavy atom. The minimum absolute atomic E-state index is 0.00906. The molecular formula is C16H26N2O3S. The van der Waals surface area contributed by atoms with Gasteiger partial charge >= 0.3 is 0 Å². The van der Waals surface area contributed by atoms with Crippen LogP contribution in [0.2, 0.25) is 0 Å². The van der Waals surface area contributed by atoms with Gasteiger partial charge in [0.05, 0.1) is 22.8 Å². The number of nitrogens with one attached hydrogen (secondary N) is 1. The van der Waals surface area contributed by atoms with Crippen LogP contribution in [-0.4, -0.2) is 41.9 Å². The van der Waals surface area contributed by atoms with E-state index in [1.54, 1.807) is 7.11 Å². The maximum atomic E-state index is 12.6. The fourth-order valence-corrected chi connectivity index (χ4v) is 4.17. The number of thiazole rings is 1. The lowest BCUT2D eigenvalue weighted by molar-refractivity contribution is 0.0728. The second-order valence-corrected chi connectivity index (χ2v) is 7.40. The lowest BCUT2D eigenvalue weighted by Gasteiger charge is -2.29. The number of aliphatic hydroxyl groups is 1. The molecule has 6 heteroatoms. The molecule has 0 radical (unpaired) electrons. The highest BCUT2D eigenvalue weighted by molar-refractivity contribution is 7.13. The standard InChI is InChI=1S/C16H26N2O3S/c1-11-13(22-15(17-11)12-6-4-5-7-12)14(20)18-16(2,8-9-19)10-21-3/h12,19H,4-10H2,1-3H3,(H,18,20). The fourth-order valence-electron chi connectivity index (χ4n) is 3.04. The van der Waals surface area contributed by atoms with Crippen LogP contribution in [0.3, 0.4) is 0 Å². The van der Waals surface area contributed by atoms with Crippen molar-refractivity contribution in [2.45, 2.75) is 57.4 Å². The quantitative estimate of drug-likeness (QED) is 0.808. The Balaban J connectivity index is 2.11. The van der Waals surface area contributed by atoms with Crippen LogP contribution in [0.1, 0.15) is 65.3 Å². The number of nitrogens with zero attached hydrogens (tertiary/aromatic N) is 1. The number of carbonyl (C=O) groups is 1. The highest BCUT2D eigenvalue weighted by atomic mass is 32.1. The van der Waals surface area contributed by atoms with E-state index in [-0.39, 0.29) is 12.5 Å². The number of hydrogen-bond acceptors (Lipinski definition) is 5. The first-order valence-corrected chi connectivity index (χ1v) is 8.70. The molecule has 124 valence electrons. The van der Waals surface area contributed by atoms with Gasteiger partial charge in [-0.05, 0) is 33.1 Å². The van der Waals surface area contributed by atoms with Gasteiger partial charge in [-0.2, -0.15) is 0 Å². The molecule has 0 spiro atoms. The van der Waals surface area contributed by atoms with Gasteiger partial charge in [-0.25, -0.2) is 4.98 Å². The number of aryl methyl sites for hydroxylation is 1. The molecule has 1 heterocycles. The number of carbonyl (C=O) groups excluding carboxylic acids is 1. The molecule has 1 saturated carbocycles. The second kappa shape index (κ2) is 7.53. The van der Waals surface area contributed by atoms with E-state index in [1.165, 1.54) is 37.0 Å². The average molecular weight is 326 g/mol. The van der Waals surface area contributed by atoms with E-state index in [1.807, 2.05) is 13.8 Å². The number of rotatable bonds is 7. The zero-order valence-corrected chi connectivity index (χ0v) is 14.5. The molecule has 0 saturated heterocycles. The molecule has 1 aromatic rings. The summed E-state index contributed by atoms with van der Waals surface area (Å²) in [5, 5.41) is 13.3. The third-order valence-electron chi connectivity index (χ3n) is 4.27. The predicted molar refractivity (Wildman–Crippen MR) is 87.5 cm³/mol. The van der Waals surface area contributed by atoms with E-state index in [4.69, 9.17) is 4.74 Å². The van der Waals surface area contributed by atoms with Gasteiger partial charge in [-0.15, -0.1) is 11.3 Å². The third-order valence-corrected chi connectivity index (χ3v) is 5.58. The Morgan fingerprint density at radius 3 is 2.77 bits per heavy atom. The molecule has 1 unspecified atom stereocenters. The number of methoxy groups -OCH3 is 1. The maximum absolute atomic E-state index is 12.6. The van der Waals surface area contributed by atoms with Gasteiger partial charge in [0, 0.05) is 19.6 Å². The molecule has 5 nitrogen and oxygen atoms in total. The summed E-state index contributed by atoms with van der Waals surface area (Å²) >= 11 is 1.52. The fraction of sp³-hybridized carbons (Fsp3) is 0.750. The summed E-state index contributed by atoms with van der Waals surface area (Å²) in [6.45, 7) is 4.16. The minimum Gasteiger partial charge on any atom is -0.396 e. The van der Waals surface area contributed by atoms with Crippen molar-refractivity contribution in [3.63, 3.8) is 0 Å². The summed E-state index contributed by atoms with van der Waals surface area (Å²) in [5.41, 5.74) is 0.234. The van der Waals surface area contributed by atoms with Crippen LogP contribution in [0.25, 0.3) is 0 Å². The lowest BCUT2D eigenvalue weighted by Crippen LogP contribution is -2.50. The van der Waals surface area contributed by atoms with E-state index in [9.17, 15) is 9.90 Å². The Bertz CT molecular complexity index is 503. The van der Waals surface area contributed by atoms with Gasteiger partial charge in [-0.1, -0.05) is 12.8 Å². The number of ether oxygens (including phenoxy) is 1. The topological polar surface area (TPSA) is 71.5 Å². The van der Waals surface area contributed by atoms with E-state index in [0.717, 1.165) is 10.7 Å². The SMILES string of the molecule is COCC(C)(CCO)NC(=O)c1sc(C2CCCC2)nc1C. The molecule has 2 rings (SSSR count). The van der Waals surface area contributed by atoms with Gasteiger partial charge < -0.3 is 15.2 Å². The number of amides is 1. The van der Waals surface area contributed by atoms with Gasteiger partial charge in [0.1, 0.15) is 4.88 Å². The van der Waals surface area contributed by atoms with Crippen LogP contribution >= 0.6 is 11.3 Å². The molecular weight excluding hydrogens is 300 g/mol. The molecule has 1 aliphatic carbocycles.